The highest BCUT2D eigenvalue weighted by Gasteiger charge is 2.12. The van der Waals surface area contributed by atoms with Gasteiger partial charge in [-0.25, -0.2) is 4.79 Å². The molecule has 0 aliphatic carbocycles. The van der Waals surface area contributed by atoms with Crippen molar-refractivity contribution in [1.82, 2.24) is 5.32 Å². The summed E-state index contributed by atoms with van der Waals surface area (Å²) in [6, 6.07) is 5.12. The number of hydrogen-bond acceptors (Lipinski definition) is 4. The van der Waals surface area contributed by atoms with Gasteiger partial charge in [0, 0.05) is 31.5 Å². The molecule has 1 heterocycles. The van der Waals surface area contributed by atoms with E-state index < -0.39 is 0 Å². The number of benzene rings is 1. The lowest BCUT2D eigenvalue weighted by molar-refractivity contribution is 0.129. The smallest absolute Gasteiger partial charge is 0.319 e. The maximum atomic E-state index is 11.8. The molecule has 1 aromatic carbocycles. The van der Waals surface area contributed by atoms with Crippen molar-refractivity contribution < 1.29 is 19.0 Å². The molecule has 2 N–H and O–H groups in total. The van der Waals surface area contributed by atoms with E-state index in [0.717, 1.165) is 25.9 Å². The molecule has 0 atom stereocenters. The zero-order valence-electron chi connectivity index (χ0n) is 13.0. The summed E-state index contributed by atoms with van der Waals surface area (Å²) in [6.45, 7) is 5.26. The van der Waals surface area contributed by atoms with Crippen LogP contribution in [0.15, 0.2) is 18.2 Å². The zero-order chi connectivity index (χ0) is 15.6. The van der Waals surface area contributed by atoms with Crippen LogP contribution in [0.2, 0.25) is 0 Å². The second kappa shape index (κ2) is 9.15. The number of carbonyl (C=O) groups is 1. The molecule has 1 aromatic rings. The molecule has 2 amide bonds. The molecule has 2 rings (SSSR count). The minimum atomic E-state index is -0.231. The lowest BCUT2D eigenvalue weighted by Gasteiger charge is -2.19. The Bertz CT molecular complexity index is 479. The van der Waals surface area contributed by atoms with E-state index in [-0.39, 0.29) is 6.03 Å². The summed E-state index contributed by atoms with van der Waals surface area (Å²) in [4.78, 5) is 11.8. The van der Waals surface area contributed by atoms with E-state index in [2.05, 4.69) is 17.6 Å². The first-order valence-corrected chi connectivity index (χ1v) is 7.82. The van der Waals surface area contributed by atoms with Crippen LogP contribution in [0.4, 0.5) is 10.5 Å². The van der Waals surface area contributed by atoms with Gasteiger partial charge in [0.15, 0.2) is 11.5 Å². The summed E-state index contributed by atoms with van der Waals surface area (Å²) in [5, 5.41) is 5.58. The van der Waals surface area contributed by atoms with Crippen LogP contribution >= 0.6 is 0 Å². The standard InChI is InChI=1S/C16H24N2O4/c1-2-3-8-20-9-4-7-17-16(19)18-13-5-6-14-15(12-13)22-11-10-21-14/h5-6,12H,2-4,7-11H2,1H3,(H2,17,18,19). The van der Waals surface area contributed by atoms with Gasteiger partial charge in [-0.2, -0.15) is 0 Å². The highest BCUT2D eigenvalue weighted by molar-refractivity contribution is 5.89. The number of anilines is 1. The van der Waals surface area contributed by atoms with Gasteiger partial charge in [0.1, 0.15) is 13.2 Å². The number of amides is 2. The molecule has 0 spiro atoms. The van der Waals surface area contributed by atoms with Crippen LogP contribution < -0.4 is 20.1 Å². The molecule has 0 saturated carbocycles. The predicted molar refractivity (Wildman–Crippen MR) is 84.8 cm³/mol. The Morgan fingerprint density at radius 2 is 1.95 bits per heavy atom. The Morgan fingerprint density at radius 3 is 2.77 bits per heavy atom. The van der Waals surface area contributed by atoms with Crippen LogP contribution in [0.5, 0.6) is 11.5 Å². The molecule has 0 saturated heterocycles. The molecule has 0 radical (unpaired) electrons. The third-order valence-corrected chi connectivity index (χ3v) is 3.19. The molecular weight excluding hydrogens is 284 g/mol. The van der Waals surface area contributed by atoms with E-state index in [1.807, 2.05) is 0 Å². The molecule has 0 fully saturated rings. The van der Waals surface area contributed by atoms with E-state index in [0.29, 0.717) is 43.6 Å². The average molecular weight is 308 g/mol. The third-order valence-electron chi connectivity index (χ3n) is 3.19. The van der Waals surface area contributed by atoms with Crippen LogP contribution in [0.1, 0.15) is 26.2 Å². The van der Waals surface area contributed by atoms with Gasteiger partial charge < -0.3 is 24.8 Å². The van der Waals surface area contributed by atoms with Gasteiger partial charge in [0.2, 0.25) is 0 Å². The number of nitrogens with one attached hydrogen (secondary N) is 2. The fraction of sp³-hybridized carbons (Fsp3) is 0.562. The molecule has 0 unspecified atom stereocenters. The fourth-order valence-electron chi connectivity index (χ4n) is 2.02. The van der Waals surface area contributed by atoms with E-state index in [9.17, 15) is 4.79 Å². The zero-order valence-corrected chi connectivity index (χ0v) is 13.0. The normalized spacial score (nSPS) is 12.8. The van der Waals surface area contributed by atoms with Crippen LogP contribution in [0, 0.1) is 0 Å². The van der Waals surface area contributed by atoms with Crippen LogP contribution in [-0.4, -0.2) is 39.0 Å². The lowest BCUT2D eigenvalue weighted by atomic mass is 10.2. The second-order valence-corrected chi connectivity index (χ2v) is 5.06. The van der Waals surface area contributed by atoms with Crippen molar-refractivity contribution in [2.45, 2.75) is 26.2 Å². The molecule has 6 heteroatoms. The number of hydrogen-bond donors (Lipinski definition) is 2. The average Bonchev–Trinajstić information content (AvgIpc) is 2.54. The first-order valence-electron chi connectivity index (χ1n) is 7.82. The summed E-state index contributed by atoms with van der Waals surface area (Å²) in [5.74, 6) is 1.37. The number of ether oxygens (including phenoxy) is 3. The number of unbranched alkanes of at least 4 members (excludes halogenated alkanes) is 1. The fourth-order valence-corrected chi connectivity index (χ4v) is 2.02. The molecule has 1 aliphatic heterocycles. The minimum absolute atomic E-state index is 0.231. The van der Waals surface area contributed by atoms with Gasteiger partial charge in [0.05, 0.1) is 0 Å². The number of fused-ring (bicyclic) bond motifs is 1. The first-order chi connectivity index (χ1) is 10.8. The van der Waals surface area contributed by atoms with Crippen molar-refractivity contribution in [1.29, 1.82) is 0 Å². The Morgan fingerprint density at radius 1 is 1.18 bits per heavy atom. The predicted octanol–water partition coefficient (Wildman–Crippen LogP) is 2.79. The van der Waals surface area contributed by atoms with Crippen molar-refractivity contribution >= 4 is 11.7 Å². The van der Waals surface area contributed by atoms with Crippen LogP contribution in [0.25, 0.3) is 0 Å². The molecule has 0 aromatic heterocycles. The van der Waals surface area contributed by atoms with E-state index in [1.54, 1.807) is 18.2 Å². The Balaban J connectivity index is 1.64. The molecule has 6 nitrogen and oxygen atoms in total. The lowest BCUT2D eigenvalue weighted by Crippen LogP contribution is -2.30. The molecule has 1 aliphatic rings. The summed E-state index contributed by atoms with van der Waals surface area (Å²) in [6.07, 6.45) is 3.02. The van der Waals surface area contributed by atoms with Gasteiger partial charge in [0.25, 0.3) is 0 Å². The van der Waals surface area contributed by atoms with Crippen molar-refractivity contribution in [3.05, 3.63) is 18.2 Å². The SMILES string of the molecule is CCCCOCCCNC(=O)Nc1ccc2c(c1)OCCO2. The van der Waals surface area contributed by atoms with Crippen LogP contribution in [-0.2, 0) is 4.74 Å². The largest absolute Gasteiger partial charge is 0.486 e. The van der Waals surface area contributed by atoms with Crippen molar-refractivity contribution in [3.63, 3.8) is 0 Å². The highest BCUT2D eigenvalue weighted by atomic mass is 16.6. The van der Waals surface area contributed by atoms with E-state index in [4.69, 9.17) is 14.2 Å². The number of carbonyl (C=O) groups excluding carboxylic acids is 1. The summed E-state index contributed by atoms with van der Waals surface area (Å²) >= 11 is 0. The summed E-state index contributed by atoms with van der Waals surface area (Å²) in [7, 11) is 0. The van der Waals surface area contributed by atoms with E-state index in [1.165, 1.54) is 0 Å². The summed E-state index contributed by atoms with van der Waals surface area (Å²) < 4.78 is 16.3. The van der Waals surface area contributed by atoms with Crippen molar-refractivity contribution in [2.24, 2.45) is 0 Å². The Kier molecular flexibility index (Phi) is 6.83. The number of urea groups is 1. The van der Waals surface area contributed by atoms with Gasteiger partial charge in [-0.1, -0.05) is 13.3 Å². The summed E-state index contributed by atoms with van der Waals surface area (Å²) in [5.41, 5.74) is 0.681. The van der Waals surface area contributed by atoms with E-state index >= 15 is 0 Å². The molecule has 22 heavy (non-hydrogen) atoms. The molecule has 0 bridgehead atoms. The van der Waals surface area contributed by atoms with Crippen molar-refractivity contribution in [3.8, 4) is 11.5 Å². The first kappa shape index (κ1) is 16.4. The second-order valence-electron chi connectivity index (χ2n) is 5.06. The maximum absolute atomic E-state index is 11.8. The van der Waals surface area contributed by atoms with Gasteiger partial charge in [-0.05, 0) is 25.0 Å². The minimum Gasteiger partial charge on any atom is -0.486 e. The molecular formula is C16H24N2O4. The topological polar surface area (TPSA) is 68.8 Å². The molecule has 122 valence electrons. The maximum Gasteiger partial charge on any atom is 0.319 e. The monoisotopic (exact) mass is 308 g/mol. The third kappa shape index (κ3) is 5.44. The Labute approximate surface area is 131 Å². The Hall–Kier alpha value is -1.95. The highest BCUT2D eigenvalue weighted by Crippen LogP contribution is 2.32. The van der Waals surface area contributed by atoms with Crippen molar-refractivity contribution in [2.75, 3.05) is 38.3 Å². The number of rotatable bonds is 8. The van der Waals surface area contributed by atoms with Gasteiger partial charge in [-0.3, -0.25) is 0 Å². The quantitative estimate of drug-likeness (QED) is 0.725. The van der Waals surface area contributed by atoms with Crippen LogP contribution in [0.3, 0.4) is 0 Å². The van der Waals surface area contributed by atoms with Gasteiger partial charge in [-0.15, -0.1) is 0 Å². The van der Waals surface area contributed by atoms with Gasteiger partial charge >= 0.3 is 6.03 Å².